The fourth-order valence-corrected chi connectivity index (χ4v) is 3.58. The van der Waals surface area contributed by atoms with Crippen molar-refractivity contribution in [3.63, 3.8) is 0 Å². The van der Waals surface area contributed by atoms with Crippen molar-refractivity contribution >= 4 is 16.7 Å². The van der Waals surface area contributed by atoms with Gasteiger partial charge in [-0.1, -0.05) is 12.1 Å². The molecule has 1 aromatic heterocycles. The second-order valence-corrected chi connectivity index (χ2v) is 6.10. The molecular weight excluding hydrogens is 276 g/mol. The Kier molecular flexibility index (Phi) is 3.05. The van der Waals surface area contributed by atoms with E-state index in [1.807, 2.05) is 12.1 Å². The fraction of sp³-hybridized carbons (Fsp3) is 0.353. The molecule has 2 saturated heterocycles. The Balaban J connectivity index is 1.61. The van der Waals surface area contributed by atoms with Gasteiger partial charge in [0.15, 0.2) is 0 Å². The number of benzene rings is 1. The number of pyridine rings is 1. The monoisotopic (exact) mass is 292 g/mol. The Hall–Kier alpha value is -2.45. The van der Waals surface area contributed by atoms with Crippen LogP contribution in [0.1, 0.15) is 22.5 Å². The maximum absolute atomic E-state index is 12.4. The molecule has 2 aromatic rings. The zero-order valence-electron chi connectivity index (χ0n) is 12.1. The van der Waals surface area contributed by atoms with Crippen LogP contribution >= 0.6 is 0 Å². The SMILES string of the molecule is N#Cc1cccc2cnc(C(=O)NC3CN4CC[C@H]3C4)cc12. The van der Waals surface area contributed by atoms with Crippen LogP contribution in [0.2, 0.25) is 0 Å². The Labute approximate surface area is 128 Å². The predicted octanol–water partition coefficient (Wildman–Crippen LogP) is 1.54. The summed E-state index contributed by atoms with van der Waals surface area (Å²) in [7, 11) is 0. The molecule has 22 heavy (non-hydrogen) atoms. The first kappa shape index (κ1) is 13.2. The molecule has 3 atom stereocenters. The number of nitriles is 1. The summed E-state index contributed by atoms with van der Waals surface area (Å²) >= 11 is 0. The summed E-state index contributed by atoms with van der Waals surface area (Å²) in [6, 6.07) is 9.59. The van der Waals surface area contributed by atoms with Crippen LogP contribution in [0.15, 0.2) is 30.5 Å². The quantitative estimate of drug-likeness (QED) is 0.911. The summed E-state index contributed by atoms with van der Waals surface area (Å²) in [5.74, 6) is 0.424. The molecule has 5 heteroatoms. The van der Waals surface area contributed by atoms with Gasteiger partial charge in [-0.3, -0.25) is 9.78 Å². The molecule has 1 amide bonds. The van der Waals surface area contributed by atoms with Gasteiger partial charge in [-0.2, -0.15) is 5.26 Å². The number of amides is 1. The van der Waals surface area contributed by atoms with Crippen molar-refractivity contribution in [2.45, 2.75) is 12.5 Å². The van der Waals surface area contributed by atoms with Crippen molar-refractivity contribution in [3.8, 4) is 6.07 Å². The van der Waals surface area contributed by atoms with Gasteiger partial charge in [0, 0.05) is 36.1 Å². The molecule has 4 rings (SSSR count). The van der Waals surface area contributed by atoms with Gasteiger partial charge < -0.3 is 10.2 Å². The Bertz CT molecular complexity index is 795. The van der Waals surface area contributed by atoms with Gasteiger partial charge in [-0.15, -0.1) is 0 Å². The zero-order chi connectivity index (χ0) is 15.1. The molecule has 5 nitrogen and oxygen atoms in total. The van der Waals surface area contributed by atoms with Crippen LogP contribution in [0, 0.1) is 17.2 Å². The van der Waals surface area contributed by atoms with E-state index in [0.717, 1.165) is 36.8 Å². The Morgan fingerprint density at radius 1 is 1.41 bits per heavy atom. The summed E-state index contributed by atoms with van der Waals surface area (Å²) < 4.78 is 0. The third-order valence-corrected chi connectivity index (χ3v) is 4.77. The highest BCUT2D eigenvalue weighted by Crippen LogP contribution is 2.28. The average molecular weight is 292 g/mol. The third kappa shape index (κ3) is 2.13. The van der Waals surface area contributed by atoms with Crippen LogP contribution in [0.3, 0.4) is 0 Å². The molecule has 2 aliphatic rings. The lowest BCUT2D eigenvalue weighted by molar-refractivity contribution is 0.0919. The number of nitrogens with one attached hydrogen (secondary N) is 1. The summed E-state index contributed by atoms with van der Waals surface area (Å²) in [4.78, 5) is 19.1. The van der Waals surface area contributed by atoms with Gasteiger partial charge in [0.2, 0.25) is 0 Å². The van der Waals surface area contributed by atoms with Gasteiger partial charge in [0.1, 0.15) is 5.69 Å². The molecule has 0 spiro atoms. The number of fused-ring (bicyclic) bond motifs is 3. The summed E-state index contributed by atoms with van der Waals surface area (Å²) in [6.07, 6.45) is 2.82. The zero-order valence-corrected chi connectivity index (χ0v) is 12.1. The van der Waals surface area contributed by atoms with Crippen LogP contribution in [0.5, 0.6) is 0 Å². The van der Waals surface area contributed by atoms with Gasteiger partial charge in [0.25, 0.3) is 5.91 Å². The molecule has 1 aromatic carbocycles. The molecule has 2 fully saturated rings. The van der Waals surface area contributed by atoms with Crippen molar-refractivity contribution in [2.75, 3.05) is 19.6 Å². The molecule has 2 bridgehead atoms. The fourth-order valence-electron chi connectivity index (χ4n) is 3.58. The van der Waals surface area contributed by atoms with Crippen molar-refractivity contribution in [2.24, 2.45) is 5.92 Å². The number of carbonyl (C=O) groups excluding carboxylic acids is 1. The van der Waals surface area contributed by atoms with Gasteiger partial charge in [-0.25, -0.2) is 0 Å². The molecule has 110 valence electrons. The van der Waals surface area contributed by atoms with Crippen LogP contribution in [0.25, 0.3) is 10.8 Å². The minimum atomic E-state index is -0.145. The average Bonchev–Trinajstić information content (AvgIpc) is 3.16. The van der Waals surface area contributed by atoms with Crippen molar-refractivity contribution in [1.82, 2.24) is 15.2 Å². The normalized spacial score (nSPS) is 26.0. The number of hydrogen-bond acceptors (Lipinski definition) is 4. The van der Waals surface area contributed by atoms with Crippen molar-refractivity contribution < 1.29 is 4.79 Å². The number of aromatic nitrogens is 1. The van der Waals surface area contributed by atoms with E-state index in [2.05, 4.69) is 21.3 Å². The van der Waals surface area contributed by atoms with Gasteiger partial charge in [0.05, 0.1) is 11.6 Å². The minimum absolute atomic E-state index is 0.145. The Morgan fingerprint density at radius 2 is 2.32 bits per heavy atom. The predicted molar refractivity (Wildman–Crippen MR) is 82.3 cm³/mol. The molecule has 2 unspecified atom stereocenters. The van der Waals surface area contributed by atoms with Crippen LogP contribution in [-0.2, 0) is 0 Å². The highest BCUT2D eigenvalue weighted by Gasteiger charge is 2.38. The van der Waals surface area contributed by atoms with E-state index < -0.39 is 0 Å². The van der Waals surface area contributed by atoms with Crippen molar-refractivity contribution in [3.05, 3.63) is 41.7 Å². The van der Waals surface area contributed by atoms with E-state index in [4.69, 9.17) is 0 Å². The van der Waals surface area contributed by atoms with Crippen LogP contribution in [0.4, 0.5) is 0 Å². The minimum Gasteiger partial charge on any atom is -0.346 e. The highest BCUT2D eigenvalue weighted by atomic mass is 16.2. The number of nitrogens with zero attached hydrogens (tertiary/aromatic N) is 3. The number of hydrogen-bond donors (Lipinski definition) is 1. The van der Waals surface area contributed by atoms with Crippen molar-refractivity contribution in [1.29, 1.82) is 5.26 Å². The first-order valence-corrected chi connectivity index (χ1v) is 7.57. The van der Waals surface area contributed by atoms with E-state index in [1.165, 1.54) is 0 Å². The second kappa shape index (κ2) is 5.08. The first-order valence-electron chi connectivity index (χ1n) is 7.57. The second-order valence-electron chi connectivity index (χ2n) is 6.10. The maximum Gasteiger partial charge on any atom is 0.270 e. The highest BCUT2D eigenvalue weighted by molar-refractivity contribution is 5.97. The van der Waals surface area contributed by atoms with E-state index in [-0.39, 0.29) is 11.9 Å². The number of rotatable bonds is 2. The molecule has 3 heterocycles. The molecule has 1 N–H and O–H groups in total. The van der Waals surface area contributed by atoms with E-state index >= 15 is 0 Å². The van der Waals surface area contributed by atoms with E-state index in [9.17, 15) is 10.1 Å². The molecule has 0 radical (unpaired) electrons. The molecule has 2 aliphatic heterocycles. The summed E-state index contributed by atoms with van der Waals surface area (Å²) in [5.41, 5.74) is 0.952. The lowest BCUT2D eigenvalue weighted by atomic mass is 10.00. The van der Waals surface area contributed by atoms with Crippen LogP contribution < -0.4 is 5.32 Å². The van der Waals surface area contributed by atoms with Gasteiger partial charge in [-0.05, 0) is 31.0 Å². The molecule has 0 aliphatic carbocycles. The molecule has 0 saturated carbocycles. The standard InChI is InChI=1S/C17H16N4O/c18-7-11-2-1-3-12-8-19-15(6-14(11)12)17(22)20-16-10-21-5-4-13(16)9-21/h1-3,6,8,13,16H,4-5,9-10H2,(H,20,22)/t13-,16?/m0/s1. The third-order valence-electron chi connectivity index (χ3n) is 4.77. The smallest absolute Gasteiger partial charge is 0.270 e. The van der Waals surface area contributed by atoms with Crippen LogP contribution in [-0.4, -0.2) is 41.5 Å². The largest absolute Gasteiger partial charge is 0.346 e. The number of piperidine rings is 1. The Morgan fingerprint density at radius 3 is 3.05 bits per heavy atom. The summed E-state index contributed by atoms with van der Waals surface area (Å²) in [6.45, 7) is 3.18. The van der Waals surface area contributed by atoms with E-state index in [1.54, 1.807) is 18.3 Å². The van der Waals surface area contributed by atoms with E-state index in [0.29, 0.717) is 17.2 Å². The van der Waals surface area contributed by atoms with Gasteiger partial charge >= 0.3 is 0 Å². The maximum atomic E-state index is 12.4. The summed E-state index contributed by atoms with van der Waals surface area (Å²) in [5, 5.41) is 13.9. The first-order chi connectivity index (χ1) is 10.7. The number of carbonyl (C=O) groups is 1. The lowest BCUT2D eigenvalue weighted by Gasteiger charge is -2.23. The molecular formula is C17H16N4O. The lowest BCUT2D eigenvalue weighted by Crippen LogP contribution is -2.43. The topological polar surface area (TPSA) is 69.0 Å².